The Balaban J connectivity index is 2.38. The molecule has 0 radical (unpaired) electrons. The van der Waals surface area contributed by atoms with Gasteiger partial charge in [-0.05, 0) is 30.2 Å². The number of benzene rings is 2. The zero-order valence-electron chi connectivity index (χ0n) is 11.8. The van der Waals surface area contributed by atoms with Gasteiger partial charge in [0.05, 0.1) is 18.1 Å². The lowest BCUT2D eigenvalue weighted by molar-refractivity contribution is -0.384. The first-order valence-corrected chi connectivity index (χ1v) is 6.35. The number of hydrogen-bond donors (Lipinski definition) is 1. The molecule has 0 saturated carbocycles. The first-order valence-electron chi connectivity index (χ1n) is 6.35. The Labute approximate surface area is 122 Å². The summed E-state index contributed by atoms with van der Waals surface area (Å²) in [5.74, 6) is 1.34. The third kappa shape index (κ3) is 3.29. The van der Waals surface area contributed by atoms with Crippen molar-refractivity contribution in [2.24, 2.45) is 5.73 Å². The van der Waals surface area contributed by atoms with Gasteiger partial charge in [-0.15, -0.1) is 0 Å². The highest BCUT2D eigenvalue weighted by Gasteiger charge is 2.14. The third-order valence-corrected chi connectivity index (χ3v) is 3.05. The van der Waals surface area contributed by atoms with E-state index in [9.17, 15) is 10.1 Å². The van der Waals surface area contributed by atoms with Gasteiger partial charge >= 0.3 is 0 Å². The second kappa shape index (κ2) is 6.23. The van der Waals surface area contributed by atoms with E-state index in [-0.39, 0.29) is 5.69 Å². The molecule has 0 aliphatic heterocycles. The van der Waals surface area contributed by atoms with Gasteiger partial charge in [0.25, 0.3) is 5.69 Å². The highest BCUT2D eigenvalue weighted by atomic mass is 16.6. The van der Waals surface area contributed by atoms with Crippen LogP contribution in [0.1, 0.15) is 11.1 Å². The van der Waals surface area contributed by atoms with E-state index in [4.69, 9.17) is 15.2 Å². The van der Waals surface area contributed by atoms with Crippen molar-refractivity contribution < 1.29 is 14.4 Å². The van der Waals surface area contributed by atoms with E-state index in [1.807, 2.05) is 19.1 Å². The smallest absolute Gasteiger partial charge is 0.273 e. The average molecular weight is 288 g/mol. The lowest BCUT2D eigenvalue weighted by atomic mass is 10.1. The van der Waals surface area contributed by atoms with Crippen molar-refractivity contribution in [1.29, 1.82) is 0 Å². The van der Waals surface area contributed by atoms with Gasteiger partial charge in [-0.3, -0.25) is 10.1 Å². The van der Waals surface area contributed by atoms with Crippen LogP contribution in [0.2, 0.25) is 0 Å². The summed E-state index contributed by atoms with van der Waals surface area (Å²) >= 11 is 0. The Kier molecular flexibility index (Phi) is 4.39. The fourth-order valence-electron chi connectivity index (χ4n) is 1.93. The molecule has 0 aliphatic carbocycles. The van der Waals surface area contributed by atoms with Crippen molar-refractivity contribution in [3.05, 3.63) is 57.6 Å². The van der Waals surface area contributed by atoms with E-state index >= 15 is 0 Å². The molecule has 0 aromatic heterocycles. The molecule has 0 bridgehead atoms. The summed E-state index contributed by atoms with van der Waals surface area (Å²) in [5, 5.41) is 10.9. The number of nitro groups is 1. The van der Waals surface area contributed by atoms with E-state index < -0.39 is 4.92 Å². The minimum atomic E-state index is -0.476. The standard InChI is InChI=1S/C15H16N2O4/c1-10-7-11(9-16)3-5-13(10)21-15-8-12(17(18)19)4-6-14(15)20-2/h3-8H,9,16H2,1-2H3. The van der Waals surface area contributed by atoms with Gasteiger partial charge in [0.1, 0.15) is 5.75 Å². The summed E-state index contributed by atoms with van der Waals surface area (Å²) in [7, 11) is 1.48. The molecular weight excluding hydrogens is 272 g/mol. The molecule has 0 spiro atoms. The van der Waals surface area contributed by atoms with Gasteiger partial charge in [0, 0.05) is 12.6 Å². The van der Waals surface area contributed by atoms with Gasteiger partial charge in [0.2, 0.25) is 0 Å². The minimum Gasteiger partial charge on any atom is -0.493 e. The molecule has 0 unspecified atom stereocenters. The largest absolute Gasteiger partial charge is 0.493 e. The second-order valence-corrected chi connectivity index (χ2v) is 4.50. The number of non-ortho nitro benzene ring substituents is 1. The van der Waals surface area contributed by atoms with Gasteiger partial charge < -0.3 is 15.2 Å². The molecule has 2 aromatic rings. The van der Waals surface area contributed by atoms with Crippen molar-refractivity contribution in [1.82, 2.24) is 0 Å². The topological polar surface area (TPSA) is 87.6 Å². The van der Waals surface area contributed by atoms with Crippen LogP contribution in [0, 0.1) is 17.0 Å². The molecule has 2 N–H and O–H groups in total. The number of nitrogens with two attached hydrogens (primary N) is 1. The van der Waals surface area contributed by atoms with Crippen molar-refractivity contribution in [2.45, 2.75) is 13.5 Å². The molecule has 0 aliphatic rings. The normalized spacial score (nSPS) is 10.2. The van der Waals surface area contributed by atoms with Gasteiger partial charge in [0.15, 0.2) is 11.5 Å². The SMILES string of the molecule is COc1ccc([N+](=O)[O-])cc1Oc1ccc(CN)cc1C. The van der Waals surface area contributed by atoms with Crippen molar-refractivity contribution in [2.75, 3.05) is 7.11 Å². The molecule has 0 saturated heterocycles. The quantitative estimate of drug-likeness (QED) is 0.674. The van der Waals surface area contributed by atoms with Crippen molar-refractivity contribution in [3.8, 4) is 17.2 Å². The number of aryl methyl sites for hydroxylation is 1. The first kappa shape index (κ1) is 14.8. The van der Waals surface area contributed by atoms with Crippen LogP contribution in [0.15, 0.2) is 36.4 Å². The maximum Gasteiger partial charge on any atom is 0.273 e. The van der Waals surface area contributed by atoms with Crippen LogP contribution in [0.4, 0.5) is 5.69 Å². The summed E-state index contributed by atoms with van der Waals surface area (Å²) in [6.07, 6.45) is 0. The maximum absolute atomic E-state index is 10.9. The highest BCUT2D eigenvalue weighted by molar-refractivity contribution is 5.51. The Hall–Kier alpha value is -2.60. The van der Waals surface area contributed by atoms with Crippen molar-refractivity contribution in [3.63, 3.8) is 0 Å². The molecule has 0 heterocycles. The number of methoxy groups -OCH3 is 1. The predicted octanol–water partition coefficient (Wildman–Crippen LogP) is 3.16. The summed E-state index contributed by atoms with van der Waals surface area (Å²) < 4.78 is 10.9. The molecule has 0 atom stereocenters. The lowest BCUT2D eigenvalue weighted by Gasteiger charge is -2.12. The van der Waals surface area contributed by atoms with Gasteiger partial charge in [-0.2, -0.15) is 0 Å². The van der Waals surface area contributed by atoms with Crippen molar-refractivity contribution >= 4 is 5.69 Å². The monoisotopic (exact) mass is 288 g/mol. The molecule has 0 fully saturated rings. The summed E-state index contributed by atoms with van der Waals surface area (Å²) in [4.78, 5) is 10.4. The van der Waals surface area contributed by atoms with E-state index in [1.165, 1.54) is 25.3 Å². The molecule has 6 nitrogen and oxygen atoms in total. The predicted molar refractivity (Wildman–Crippen MR) is 78.8 cm³/mol. The summed E-state index contributed by atoms with van der Waals surface area (Å²) in [6, 6.07) is 9.78. The second-order valence-electron chi connectivity index (χ2n) is 4.50. The highest BCUT2D eigenvalue weighted by Crippen LogP contribution is 2.35. The Morgan fingerprint density at radius 1 is 1.14 bits per heavy atom. The fourth-order valence-corrected chi connectivity index (χ4v) is 1.93. The molecule has 0 amide bonds. The third-order valence-electron chi connectivity index (χ3n) is 3.05. The molecule has 21 heavy (non-hydrogen) atoms. The maximum atomic E-state index is 10.9. The summed E-state index contributed by atoms with van der Waals surface area (Å²) in [6.45, 7) is 2.33. The van der Waals surface area contributed by atoms with Gasteiger partial charge in [-0.25, -0.2) is 0 Å². The average Bonchev–Trinajstić information content (AvgIpc) is 2.49. The van der Waals surface area contributed by atoms with Crippen LogP contribution in [0.3, 0.4) is 0 Å². The molecule has 110 valence electrons. The Morgan fingerprint density at radius 3 is 2.43 bits per heavy atom. The first-order chi connectivity index (χ1) is 10.0. The number of ether oxygens (including phenoxy) is 2. The number of nitro benzene ring substituents is 1. The zero-order valence-corrected chi connectivity index (χ0v) is 11.8. The van der Waals surface area contributed by atoms with Crippen LogP contribution in [-0.2, 0) is 6.54 Å². The Bertz CT molecular complexity index is 671. The molecular formula is C15H16N2O4. The number of rotatable bonds is 5. The zero-order chi connectivity index (χ0) is 15.4. The van der Waals surface area contributed by atoms with Crippen LogP contribution in [-0.4, -0.2) is 12.0 Å². The molecule has 2 aromatic carbocycles. The fraction of sp³-hybridized carbons (Fsp3) is 0.200. The Morgan fingerprint density at radius 2 is 1.86 bits per heavy atom. The number of hydrogen-bond acceptors (Lipinski definition) is 5. The minimum absolute atomic E-state index is 0.0537. The van der Waals surface area contributed by atoms with Crippen LogP contribution in [0.5, 0.6) is 17.2 Å². The van der Waals surface area contributed by atoms with E-state index in [0.717, 1.165) is 11.1 Å². The lowest BCUT2D eigenvalue weighted by Crippen LogP contribution is -1.98. The van der Waals surface area contributed by atoms with Gasteiger partial charge in [-0.1, -0.05) is 12.1 Å². The summed E-state index contributed by atoms with van der Waals surface area (Å²) in [5.41, 5.74) is 7.42. The van der Waals surface area contributed by atoms with E-state index in [1.54, 1.807) is 6.07 Å². The van der Waals surface area contributed by atoms with E-state index in [0.29, 0.717) is 23.8 Å². The number of nitrogens with zero attached hydrogens (tertiary/aromatic N) is 1. The van der Waals surface area contributed by atoms with Crippen LogP contribution >= 0.6 is 0 Å². The molecule has 2 rings (SSSR count). The van der Waals surface area contributed by atoms with Crippen LogP contribution < -0.4 is 15.2 Å². The molecule has 6 heteroatoms. The van der Waals surface area contributed by atoms with Crippen LogP contribution in [0.25, 0.3) is 0 Å². The van der Waals surface area contributed by atoms with E-state index in [2.05, 4.69) is 0 Å².